The Balaban J connectivity index is 1.46. The van der Waals surface area contributed by atoms with Gasteiger partial charge in [-0.25, -0.2) is 0 Å². The molecule has 1 aromatic carbocycles. The maximum absolute atomic E-state index is 13.2. The van der Waals surface area contributed by atoms with E-state index in [1.54, 1.807) is 7.11 Å². The van der Waals surface area contributed by atoms with Crippen molar-refractivity contribution in [2.24, 2.45) is 0 Å². The monoisotopic (exact) mass is 383 g/mol. The summed E-state index contributed by atoms with van der Waals surface area (Å²) in [6, 6.07) is 8.16. The highest BCUT2D eigenvalue weighted by atomic mass is 16.5. The normalized spacial score (nSPS) is 22.5. The third-order valence-corrected chi connectivity index (χ3v) is 6.34. The Morgan fingerprint density at radius 1 is 1.21 bits per heavy atom. The molecule has 2 aliphatic heterocycles. The van der Waals surface area contributed by atoms with Gasteiger partial charge in [-0.05, 0) is 43.7 Å². The van der Waals surface area contributed by atoms with Crippen LogP contribution in [-0.4, -0.2) is 65.5 Å². The summed E-state index contributed by atoms with van der Waals surface area (Å²) in [5, 5.41) is 1.17. The van der Waals surface area contributed by atoms with E-state index in [4.69, 9.17) is 4.74 Å². The molecule has 2 aliphatic rings. The molecular formula is C22H29N3O3. The fraction of sp³-hybridized carbons (Fsp3) is 0.545. The molecule has 4 rings (SSSR count). The summed E-state index contributed by atoms with van der Waals surface area (Å²) in [4.78, 5) is 33.4. The molecule has 1 atom stereocenters. The van der Waals surface area contributed by atoms with Crippen molar-refractivity contribution < 1.29 is 14.3 Å². The van der Waals surface area contributed by atoms with E-state index < -0.39 is 5.54 Å². The van der Waals surface area contributed by atoms with E-state index in [0.29, 0.717) is 32.5 Å². The van der Waals surface area contributed by atoms with E-state index in [9.17, 15) is 9.59 Å². The first-order valence-electron chi connectivity index (χ1n) is 10.3. The number of nitrogens with one attached hydrogen (secondary N) is 1. The number of aryl methyl sites for hydroxylation is 1. The molecule has 1 aromatic heterocycles. The number of methoxy groups -OCH3 is 1. The van der Waals surface area contributed by atoms with Crippen LogP contribution in [0.1, 0.15) is 37.7 Å². The van der Waals surface area contributed by atoms with Crippen molar-refractivity contribution in [3.63, 3.8) is 0 Å². The zero-order valence-electron chi connectivity index (χ0n) is 16.6. The first-order valence-corrected chi connectivity index (χ1v) is 10.3. The third-order valence-electron chi connectivity index (χ3n) is 6.34. The number of piperidine rings is 1. The van der Waals surface area contributed by atoms with Gasteiger partial charge in [-0.1, -0.05) is 18.2 Å². The van der Waals surface area contributed by atoms with E-state index >= 15 is 0 Å². The lowest BCUT2D eigenvalue weighted by Gasteiger charge is -2.44. The molecule has 2 fully saturated rings. The van der Waals surface area contributed by atoms with Gasteiger partial charge in [-0.2, -0.15) is 0 Å². The Hall–Kier alpha value is -2.34. The topological polar surface area (TPSA) is 65.6 Å². The highest BCUT2D eigenvalue weighted by Crippen LogP contribution is 2.38. The number of rotatable bonds is 6. The molecule has 6 heteroatoms. The molecule has 6 nitrogen and oxygen atoms in total. The smallest absolute Gasteiger partial charge is 0.248 e. The molecule has 2 aromatic rings. The highest BCUT2D eigenvalue weighted by molar-refractivity contribution is 5.93. The molecule has 1 spiro atoms. The summed E-state index contributed by atoms with van der Waals surface area (Å²) in [6.45, 7) is 2.60. The van der Waals surface area contributed by atoms with E-state index in [1.807, 2.05) is 34.2 Å². The van der Waals surface area contributed by atoms with Gasteiger partial charge in [-0.3, -0.25) is 9.59 Å². The fourth-order valence-corrected chi connectivity index (χ4v) is 4.92. The Bertz CT molecular complexity index is 862. The minimum absolute atomic E-state index is 0.102. The van der Waals surface area contributed by atoms with Crippen LogP contribution in [0.5, 0.6) is 0 Å². The summed E-state index contributed by atoms with van der Waals surface area (Å²) in [5.74, 6) is 0.221. The van der Waals surface area contributed by atoms with Crippen LogP contribution < -0.4 is 0 Å². The van der Waals surface area contributed by atoms with Gasteiger partial charge in [0.05, 0.1) is 6.61 Å². The SMILES string of the molecule is COCCN1CCCC2(CCCN2C(=O)CCc2c[nH]c3ccccc23)C1=O. The number of fused-ring (bicyclic) bond motifs is 1. The molecule has 150 valence electrons. The number of hydrogen-bond acceptors (Lipinski definition) is 3. The van der Waals surface area contributed by atoms with Crippen LogP contribution in [0.2, 0.25) is 0 Å². The molecule has 2 amide bonds. The lowest BCUT2D eigenvalue weighted by Crippen LogP contribution is -2.61. The average molecular weight is 383 g/mol. The van der Waals surface area contributed by atoms with Crippen molar-refractivity contribution in [3.8, 4) is 0 Å². The van der Waals surface area contributed by atoms with Crippen LogP contribution in [-0.2, 0) is 20.7 Å². The van der Waals surface area contributed by atoms with Crippen LogP contribution in [0.15, 0.2) is 30.5 Å². The zero-order chi connectivity index (χ0) is 19.6. The van der Waals surface area contributed by atoms with Crippen molar-refractivity contribution >= 4 is 22.7 Å². The molecule has 0 saturated carbocycles. The number of carbonyl (C=O) groups excluding carboxylic acids is 2. The first kappa shape index (κ1) is 19.0. The number of carbonyl (C=O) groups is 2. The van der Waals surface area contributed by atoms with E-state index in [0.717, 1.165) is 43.3 Å². The second-order valence-corrected chi connectivity index (χ2v) is 7.93. The van der Waals surface area contributed by atoms with Gasteiger partial charge in [0, 0.05) is 50.3 Å². The maximum Gasteiger partial charge on any atom is 0.248 e. The van der Waals surface area contributed by atoms with Crippen molar-refractivity contribution in [1.82, 2.24) is 14.8 Å². The molecule has 0 bridgehead atoms. The minimum Gasteiger partial charge on any atom is -0.383 e. The predicted molar refractivity (Wildman–Crippen MR) is 108 cm³/mol. The van der Waals surface area contributed by atoms with Crippen molar-refractivity contribution in [2.75, 3.05) is 33.4 Å². The van der Waals surface area contributed by atoms with Crippen LogP contribution in [0, 0.1) is 0 Å². The molecule has 0 radical (unpaired) electrons. The van der Waals surface area contributed by atoms with Crippen LogP contribution in [0.3, 0.4) is 0 Å². The molecule has 2 saturated heterocycles. The molecule has 0 aliphatic carbocycles. The van der Waals surface area contributed by atoms with E-state index in [2.05, 4.69) is 11.1 Å². The Kier molecular flexibility index (Phi) is 5.40. The molecule has 28 heavy (non-hydrogen) atoms. The van der Waals surface area contributed by atoms with Gasteiger partial charge in [-0.15, -0.1) is 0 Å². The largest absolute Gasteiger partial charge is 0.383 e. The lowest BCUT2D eigenvalue weighted by atomic mass is 9.85. The van der Waals surface area contributed by atoms with E-state index in [1.165, 1.54) is 5.39 Å². The maximum atomic E-state index is 13.2. The number of aromatic nitrogens is 1. The minimum atomic E-state index is -0.622. The number of benzene rings is 1. The van der Waals surface area contributed by atoms with Crippen LogP contribution in [0.4, 0.5) is 0 Å². The van der Waals surface area contributed by atoms with Crippen LogP contribution in [0.25, 0.3) is 10.9 Å². The van der Waals surface area contributed by atoms with Gasteiger partial charge in [0.15, 0.2) is 0 Å². The fourth-order valence-electron chi connectivity index (χ4n) is 4.92. The number of H-pyrrole nitrogens is 1. The standard InChI is InChI=1S/C22H29N3O3/c1-28-15-14-24-12-4-10-22(21(24)27)11-5-13-25(22)20(26)9-8-17-16-23-19-7-3-2-6-18(17)19/h2-3,6-7,16,23H,4-5,8-15H2,1H3. The number of ether oxygens (including phenoxy) is 1. The summed E-state index contributed by atoms with van der Waals surface area (Å²) >= 11 is 0. The van der Waals surface area contributed by atoms with Gasteiger partial charge >= 0.3 is 0 Å². The molecular weight excluding hydrogens is 354 g/mol. The predicted octanol–water partition coefficient (Wildman–Crippen LogP) is 2.73. The summed E-state index contributed by atoms with van der Waals surface area (Å²) in [5.41, 5.74) is 1.64. The van der Waals surface area contributed by atoms with Gasteiger partial charge in [0.1, 0.15) is 5.54 Å². The van der Waals surface area contributed by atoms with Crippen molar-refractivity contribution in [1.29, 1.82) is 0 Å². The summed E-state index contributed by atoms with van der Waals surface area (Å²) < 4.78 is 5.16. The third kappa shape index (κ3) is 3.30. The Morgan fingerprint density at radius 3 is 2.82 bits per heavy atom. The molecule has 1 unspecified atom stereocenters. The second kappa shape index (κ2) is 7.95. The number of nitrogens with zero attached hydrogens (tertiary/aromatic N) is 2. The van der Waals surface area contributed by atoms with Crippen molar-refractivity contribution in [3.05, 3.63) is 36.0 Å². The van der Waals surface area contributed by atoms with E-state index in [-0.39, 0.29) is 11.8 Å². The number of aromatic amines is 1. The molecule has 3 heterocycles. The number of likely N-dealkylation sites (tertiary alicyclic amines) is 2. The average Bonchev–Trinajstić information content (AvgIpc) is 3.32. The lowest BCUT2D eigenvalue weighted by molar-refractivity contribution is -0.155. The second-order valence-electron chi connectivity index (χ2n) is 7.93. The Morgan fingerprint density at radius 2 is 2.00 bits per heavy atom. The number of para-hydroxylation sites is 1. The molecule has 1 N–H and O–H groups in total. The number of hydrogen-bond donors (Lipinski definition) is 1. The van der Waals surface area contributed by atoms with Gasteiger partial charge in [0.25, 0.3) is 0 Å². The summed E-state index contributed by atoms with van der Waals surface area (Å²) in [6.07, 6.45) is 6.55. The zero-order valence-corrected chi connectivity index (χ0v) is 16.6. The Labute approximate surface area is 165 Å². The first-order chi connectivity index (χ1) is 13.7. The quantitative estimate of drug-likeness (QED) is 0.834. The number of amides is 2. The summed E-state index contributed by atoms with van der Waals surface area (Å²) in [7, 11) is 1.65. The van der Waals surface area contributed by atoms with Crippen molar-refractivity contribution in [2.45, 2.75) is 44.1 Å². The van der Waals surface area contributed by atoms with Gasteiger partial charge < -0.3 is 19.5 Å². The van der Waals surface area contributed by atoms with Crippen LogP contribution >= 0.6 is 0 Å². The van der Waals surface area contributed by atoms with Gasteiger partial charge in [0.2, 0.25) is 11.8 Å². The highest BCUT2D eigenvalue weighted by Gasteiger charge is 2.52.